The van der Waals surface area contributed by atoms with Gasteiger partial charge in [0.25, 0.3) is 0 Å². The van der Waals surface area contributed by atoms with Gasteiger partial charge in [0.15, 0.2) is 24.1 Å². The molecule has 2 aromatic rings. The molecule has 0 atom stereocenters. The lowest BCUT2D eigenvalue weighted by Crippen LogP contribution is -2.14. The quantitative estimate of drug-likeness (QED) is 0.563. The van der Waals surface area contributed by atoms with Crippen LogP contribution in [-0.4, -0.2) is 29.3 Å². The highest BCUT2D eigenvalue weighted by Gasteiger charge is 2.17. The fourth-order valence-electron chi connectivity index (χ4n) is 2.35. The number of nitrogens with one attached hydrogen (secondary N) is 1. The molecule has 22 heavy (non-hydrogen) atoms. The highest BCUT2D eigenvalue weighted by molar-refractivity contribution is 5.99. The van der Waals surface area contributed by atoms with Gasteiger partial charge in [0, 0.05) is 23.2 Å². The third-order valence-electron chi connectivity index (χ3n) is 3.48. The van der Waals surface area contributed by atoms with Crippen molar-refractivity contribution in [3.63, 3.8) is 0 Å². The van der Waals surface area contributed by atoms with Gasteiger partial charge in [0.05, 0.1) is 0 Å². The van der Waals surface area contributed by atoms with Crippen LogP contribution in [0.4, 0.5) is 0 Å². The third kappa shape index (κ3) is 2.84. The lowest BCUT2D eigenvalue weighted by atomic mass is 9.92. The first-order valence-electron chi connectivity index (χ1n) is 6.92. The van der Waals surface area contributed by atoms with E-state index in [0.29, 0.717) is 35.8 Å². The van der Waals surface area contributed by atoms with Crippen LogP contribution in [0.5, 0.6) is 11.5 Å². The second-order valence-electron chi connectivity index (χ2n) is 4.79. The number of rotatable bonds is 6. The molecule has 0 saturated carbocycles. The Morgan fingerprint density at radius 1 is 1.00 bits per heavy atom. The normalized spacial score (nSPS) is 10.4. The number of carbonyl (C=O) groups excluding carboxylic acids is 2. The Morgan fingerprint density at radius 3 is 2.36 bits per heavy atom. The summed E-state index contributed by atoms with van der Waals surface area (Å²) in [5, 5.41) is 22.7. The molecule has 5 heteroatoms. The zero-order chi connectivity index (χ0) is 16.1. The van der Waals surface area contributed by atoms with Crippen molar-refractivity contribution in [2.45, 2.75) is 13.5 Å². The van der Waals surface area contributed by atoms with E-state index in [1.54, 1.807) is 24.3 Å². The maximum Gasteiger partial charge on any atom is 0.165 e. The van der Waals surface area contributed by atoms with E-state index in [9.17, 15) is 19.8 Å². The maximum absolute atomic E-state index is 11.5. The van der Waals surface area contributed by atoms with Crippen molar-refractivity contribution in [2.75, 3.05) is 6.54 Å². The number of hydrogen-bond donors (Lipinski definition) is 3. The van der Waals surface area contributed by atoms with E-state index in [2.05, 4.69) is 5.32 Å². The Bertz CT molecular complexity index is 710. The van der Waals surface area contributed by atoms with E-state index in [1.807, 2.05) is 6.92 Å². The van der Waals surface area contributed by atoms with Gasteiger partial charge in [-0.2, -0.15) is 0 Å². The van der Waals surface area contributed by atoms with Crippen molar-refractivity contribution < 1.29 is 19.8 Å². The van der Waals surface area contributed by atoms with Crippen molar-refractivity contribution in [3.05, 3.63) is 47.0 Å². The lowest BCUT2D eigenvalue weighted by molar-refractivity contribution is 0.109. The maximum atomic E-state index is 11.5. The van der Waals surface area contributed by atoms with Gasteiger partial charge in [0.2, 0.25) is 0 Å². The van der Waals surface area contributed by atoms with Crippen LogP contribution in [0.25, 0.3) is 11.1 Å². The van der Waals surface area contributed by atoms with Crippen LogP contribution < -0.4 is 5.32 Å². The van der Waals surface area contributed by atoms with Crippen LogP contribution in [0.2, 0.25) is 0 Å². The molecule has 0 radical (unpaired) electrons. The summed E-state index contributed by atoms with van der Waals surface area (Å²) in [6, 6.07) is 7.89. The van der Waals surface area contributed by atoms with Crippen LogP contribution in [0, 0.1) is 0 Å². The van der Waals surface area contributed by atoms with E-state index >= 15 is 0 Å². The summed E-state index contributed by atoms with van der Waals surface area (Å²) in [5.74, 6) is -0.597. The van der Waals surface area contributed by atoms with Crippen LogP contribution >= 0.6 is 0 Å². The number of para-hydroxylation sites is 1. The molecule has 5 nitrogen and oxygen atoms in total. The molecule has 0 aromatic heterocycles. The highest BCUT2D eigenvalue weighted by Crippen LogP contribution is 2.38. The molecule has 3 N–H and O–H groups in total. The molecule has 0 amide bonds. The molecule has 0 saturated heterocycles. The van der Waals surface area contributed by atoms with Crippen LogP contribution in [0.3, 0.4) is 0 Å². The third-order valence-corrected chi connectivity index (χ3v) is 3.48. The fraction of sp³-hybridized carbons (Fsp3) is 0.176. The molecule has 0 aliphatic rings. The molecule has 0 fully saturated rings. The summed E-state index contributed by atoms with van der Waals surface area (Å²) in [6.45, 7) is 3.15. The molecule has 0 aliphatic carbocycles. The molecule has 0 heterocycles. The molecule has 2 rings (SSSR count). The van der Waals surface area contributed by atoms with E-state index in [4.69, 9.17) is 0 Å². The molecule has 0 aliphatic heterocycles. The zero-order valence-electron chi connectivity index (χ0n) is 12.2. The minimum atomic E-state index is -0.318. The average Bonchev–Trinajstić information content (AvgIpc) is 2.54. The van der Waals surface area contributed by atoms with Crippen LogP contribution in [0.1, 0.15) is 33.2 Å². The van der Waals surface area contributed by atoms with Gasteiger partial charge in [-0.25, -0.2) is 0 Å². The number of phenols is 2. The van der Waals surface area contributed by atoms with Gasteiger partial charge in [-0.1, -0.05) is 31.2 Å². The van der Waals surface area contributed by atoms with Gasteiger partial charge in [-0.3, -0.25) is 9.59 Å². The van der Waals surface area contributed by atoms with Crippen molar-refractivity contribution >= 4 is 12.6 Å². The van der Waals surface area contributed by atoms with E-state index < -0.39 is 0 Å². The summed E-state index contributed by atoms with van der Waals surface area (Å²) < 4.78 is 0. The standard InChI is InChI=1S/C17H17NO4/c1-2-18-8-11-6-7-12(15(10-20)14(11)9-19)13-4-3-5-16(21)17(13)22/h3-7,9-10,18,21-22H,2,8H2,1H3. The Hall–Kier alpha value is -2.66. The van der Waals surface area contributed by atoms with Gasteiger partial charge < -0.3 is 15.5 Å². The lowest BCUT2D eigenvalue weighted by Gasteiger charge is -2.13. The van der Waals surface area contributed by atoms with Crippen LogP contribution in [-0.2, 0) is 6.54 Å². The predicted octanol–water partition coefficient (Wildman–Crippen LogP) is 2.50. The Morgan fingerprint density at radius 2 is 1.73 bits per heavy atom. The van der Waals surface area contributed by atoms with Gasteiger partial charge >= 0.3 is 0 Å². The largest absolute Gasteiger partial charge is 0.504 e. The Labute approximate surface area is 128 Å². The first kappa shape index (κ1) is 15.7. The highest BCUT2D eigenvalue weighted by atomic mass is 16.3. The molecule has 2 aromatic carbocycles. The molecular formula is C17H17NO4. The second-order valence-corrected chi connectivity index (χ2v) is 4.79. The summed E-state index contributed by atoms with van der Waals surface area (Å²) in [6.07, 6.45) is 1.23. The molecule has 0 spiro atoms. The average molecular weight is 299 g/mol. The van der Waals surface area contributed by atoms with Crippen LogP contribution in [0.15, 0.2) is 30.3 Å². The number of benzene rings is 2. The number of hydrogen-bond acceptors (Lipinski definition) is 5. The Balaban J connectivity index is 2.65. The summed E-state index contributed by atoms with van der Waals surface area (Å²) in [4.78, 5) is 22.9. The van der Waals surface area contributed by atoms with Crippen molar-refractivity contribution in [1.29, 1.82) is 0 Å². The minimum absolute atomic E-state index is 0.200. The summed E-state index contributed by atoms with van der Waals surface area (Å²) >= 11 is 0. The van der Waals surface area contributed by atoms with Gasteiger partial charge in [-0.15, -0.1) is 0 Å². The molecular weight excluding hydrogens is 282 g/mol. The molecule has 0 unspecified atom stereocenters. The van der Waals surface area contributed by atoms with E-state index in [0.717, 1.165) is 6.54 Å². The fourth-order valence-corrected chi connectivity index (χ4v) is 2.35. The number of phenolic OH excluding ortho intramolecular Hbond substituents is 2. The van der Waals surface area contributed by atoms with E-state index in [-0.39, 0.29) is 22.6 Å². The van der Waals surface area contributed by atoms with E-state index in [1.165, 1.54) is 6.07 Å². The van der Waals surface area contributed by atoms with Crippen molar-refractivity contribution in [2.24, 2.45) is 0 Å². The monoisotopic (exact) mass is 299 g/mol. The SMILES string of the molecule is CCNCc1ccc(-c2cccc(O)c2O)c(C=O)c1C=O. The van der Waals surface area contributed by atoms with Gasteiger partial charge in [0.1, 0.15) is 0 Å². The molecule has 114 valence electrons. The zero-order valence-corrected chi connectivity index (χ0v) is 12.2. The number of carbonyl (C=O) groups is 2. The molecule has 0 bridgehead atoms. The predicted molar refractivity (Wildman–Crippen MR) is 83.4 cm³/mol. The number of aldehydes is 2. The first-order chi connectivity index (χ1) is 10.6. The number of aromatic hydroxyl groups is 2. The van der Waals surface area contributed by atoms with Crippen molar-refractivity contribution in [3.8, 4) is 22.6 Å². The topological polar surface area (TPSA) is 86.6 Å². The smallest absolute Gasteiger partial charge is 0.165 e. The second kappa shape index (κ2) is 6.87. The summed E-state index contributed by atoms with van der Waals surface area (Å²) in [5.41, 5.74) is 1.91. The minimum Gasteiger partial charge on any atom is -0.504 e. The summed E-state index contributed by atoms with van der Waals surface area (Å²) in [7, 11) is 0. The van der Waals surface area contributed by atoms with Crippen molar-refractivity contribution in [1.82, 2.24) is 5.32 Å². The first-order valence-corrected chi connectivity index (χ1v) is 6.92. The van der Waals surface area contributed by atoms with Gasteiger partial charge in [-0.05, 0) is 23.7 Å². The Kier molecular flexibility index (Phi) is 4.91.